The van der Waals surface area contributed by atoms with Crippen molar-refractivity contribution in [3.8, 4) is 0 Å². The Morgan fingerprint density at radius 3 is 2.75 bits per heavy atom. The van der Waals surface area contributed by atoms with E-state index < -0.39 is 10.0 Å². The highest BCUT2D eigenvalue weighted by atomic mass is 32.2. The van der Waals surface area contributed by atoms with Crippen LogP contribution < -0.4 is 4.72 Å². The topological polar surface area (TPSA) is 92.5 Å². The lowest BCUT2D eigenvalue weighted by Crippen LogP contribution is -2.47. The number of rotatable bonds is 5. The van der Waals surface area contributed by atoms with E-state index in [9.17, 15) is 13.2 Å². The molecule has 0 unspecified atom stereocenters. The molecule has 3 rings (SSSR count). The molecular formula is C16H19N3O4S. The number of likely N-dealkylation sites (tertiary alicyclic amines) is 1. The van der Waals surface area contributed by atoms with Gasteiger partial charge in [-0.15, -0.1) is 0 Å². The van der Waals surface area contributed by atoms with Gasteiger partial charge in [0, 0.05) is 25.0 Å². The average molecular weight is 349 g/mol. The number of carbonyl (C=O) groups excluding carboxylic acids is 1. The zero-order valence-electron chi connectivity index (χ0n) is 13.3. The van der Waals surface area contributed by atoms with E-state index in [1.165, 1.54) is 6.26 Å². The Bertz CT molecular complexity index is 790. The monoisotopic (exact) mass is 349 g/mol. The summed E-state index contributed by atoms with van der Waals surface area (Å²) in [7, 11) is -3.36. The number of sulfonamides is 1. The lowest BCUT2D eigenvalue weighted by atomic mass is 10.0. The van der Waals surface area contributed by atoms with Crippen LogP contribution in [0.4, 0.5) is 0 Å². The fourth-order valence-electron chi connectivity index (χ4n) is 3.07. The van der Waals surface area contributed by atoms with Gasteiger partial charge in [0.2, 0.25) is 10.0 Å². The summed E-state index contributed by atoms with van der Waals surface area (Å²) in [4.78, 5) is 18.3. The molecule has 128 valence electrons. The molecule has 0 aromatic carbocycles. The van der Waals surface area contributed by atoms with Gasteiger partial charge >= 0.3 is 0 Å². The van der Waals surface area contributed by atoms with E-state index in [0.717, 1.165) is 11.8 Å². The van der Waals surface area contributed by atoms with Crippen LogP contribution in [0, 0.1) is 0 Å². The molecule has 0 radical (unpaired) electrons. The van der Waals surface area contributed by atoms with Crippen molar-refractivity contribution in [3.05, 3.63) is 54.2 Å². The summed E-state index contributed by atoms with van der Waals surface area (Å²) in [5.74, 6) is 0.0339. The smallest absolute Gasteiger partial charge is 0.289 e. The highest BCUT2D eigenvalue weighted by molar-refractivity contribution is 7.88. The lowest BCUT2D eigenvalue weighted by molar-refractivity contribution is 0.0696. The fraction of sp³-hybridized carbons (Fsp3) is 0.375. The highest BCUT2D eigenvalue weighted by Gasteiger charge is 2.39. The number of hydrogen-bond donors (Lipinski definition) is 1. The summed E-state index contributed by atoms with van der Waals surface area (Å²) in [6.07, 6.45) is 7.06. The van der Waals surface area contributed by atoms with Crippen molar-refractivity contribution in [3.63, 3.8) is 0 Å². The standard InChI is InChI=1S/C16H19N3O4S/c1-24(21,22)18-13-6-9-19(16(20)15-3-2-10-23-15)14(13)11-12-4-7-17-8-5-12/h2-5,7-8,10,13-14,18H,6,9,11H2,1H3/t13-,14+/m1/s1. The normalized spacial score (nSPS) is 21.1. The predicted octanol–water partition coefficient (Wildman–Crippen LogP) is 1.05. The summed E-state index contributed by atoms with van der Waals surface area (Å²) < 4.78 is 31.1. The van der Waals surface area contributed by atoms with Crippen molar-refractivity contribution in [1.82, 2.24) is 14.6 Å². The minimum atomic E-state index is -3.36. The third-order valence-electron chi connectivity index (χ3n) is 4.10. The van der Waals surface area contributed by atoms with Gasteiger partial charge in [-0.05, 0) is 42.7 Å². The van der Waals surface area contributed by atoms with E-state index in [0.29, 0.717) is 19.4 Å². The molecule has 2 aromatic rings. The van der Waals surface area contributed by atoms with Gasteiger partial charge < -0.3 is 9.32 Å². The van der Waals surface area contributed by atoms with Crippen LogP contribution in [0.15, 0.2) is 47.3 Å². The highest BCUT2D eigenvalue weighted by Crippen LogP contribution is 2.24. The first-order valence-corrected chi connectivity index (χ1v) is 9.54. The van der Waals surface area contributed by atoms with E-state index >= 15 is 0 Å². The third kappa shape index (κ3) is 3.82. The van der Waals surface area contributed by atoms with Crippen LogP contribution >= 0.6 is 0 Å². The van der Waals surface area contributed by atoms with Gasteiger partial charge in [-0.2, -0.15) is 0 Å². The van der Waals surface area contributed by atoms with E-state index in [2.05, 4.69) is 9.71 Å². The first kappa shape index (κ1) is 16.7. The summed E-state index contributed by atoms with van der Waals surface area (Å²) in [6.45, 7) is 0.475. The summed E-state index contributed by atoms with van der Waals surface area (Å²) >= 11 is 0. The first-order valence-electron chi connectivity index (χ1n) is 7.65. The van der Waals surface area contributed by atoms with Gasteiger partial charge in [0.05, 0.1) is 18.6 Å². The summed E-state index contributed by atoms with van der Waals surface area (Å²) in [5, 5.41) is 0. The van der Waals surface area contributed by atoms with Crippen LogP contribution in [-0.4, -0.2) is 49.1 Å². The zero-order chi connectivity index (χ0) is 17.2. The number of nitrogens with zero attached hydrogens (tertiary/aromatic N) is 2. The van der Waals surface area contributed by atoms with Gasteiger partial charge in [0.15, 0.2) is 5.76 Å². The number of carbonyl (C=O) groups is 1. The van der Waals surface area contributed by atoms with Gasteiger partial charge in [-0.25, -0.2) is 13.1 Å². The number of furan rings is 1. The molecule has 1 fully saturated rings. The lowest BCUT2D eigenvalue weighted by Gasteiger charge is -2.28. The van der Waals surface area contributed by atoms with E-state index in [4.69, 9.17) is 4.42 Å². The molecule has 2 aromatic heterocycles. The van der Waals surface area contributed by atoms with E-state index in [-0.39, 0.29) is 23.8 Å². The maximum atomic E-state index is 12.7. The molecule has 8 heteroatoms. The van der Waals surface area contributed by atoms with Crippen LogP contribution in [-0.2, 0) is 16.4 Å². The second-order valence-electron chi connectivity index (χ2n) is 5.89. The molecule has 0 bridgehead atoms. The minimum absolute atomic E-state index is 0.225. The van der Waals surface area contributed by atoms with Crippen molar-refractivity contribution in [2.45, 2.75) is 24.9 Å². The molecule has 24 heavy (non-hydrogen) atoms. The van der Waals surface area contributed by atoms with E-state index in [1.807, 2.05) is 12.1 Å². The second-order valence-corrected chi connectivity index (χ2v) is 7.67. The van der Waals surface area contributed by atoms with Crippen molar-refractivity contribution in [2.24, 2.45) is 0 Å². The molecule has 1 N–H and O–H groups in total. The molecule has 2 atom stereocenters. The summed E-state index contributed by atoms with van der Waals surface area (Å²) in [6, 6.07) is 6.40. The number of hydrogen-bond acceptors (Lipinski definition) is 5. The SMILES string of the molecule is CS(=O)(=O)N[C@@H]1CCN(C(=O)c2ccco2)[C@H]1Cc1ccncc1. The molecule has 1 aliphatic rings. The predicted molar refractivity (Wildman–Crippen MR) is 87.9 cm³/mol. The first-order chi connectivity index (χ1) is 11.4. The van der Waals surface area contributed by atoms with Crippen molar-refractivity contribution in [2.75, 3.05) is 12.8 Å². The Morgan fingerprint density at radius 1 is 1.38 bits per heavy atom. The Hall–Kier alpha value is -2.19. The fourth-order valence-corrected chi connectivity index (χ4v) is 3.90. The summed E-state index contributed by atoms with van der Waals surface area (Å²) in [5.41, 5.74) is 0.995. The maximum absolute atomic E-state index is 12.7. The maximum Gasteiger partial charge on any atom is 0.289 e. The largest absolute Gasteiger partial charge is 0.459 e. The van der Waals surface area contributed by atoms with Crippen LogP contribution in [0.5, 0.6) is 0 Å². The van der Waals surface area contributed by atoms with Crippen molar-refractivity contribution in [1.29, 1.82) is 0 Å². The number of pyridine rings is 1. The molecule has 1 saturated heterocycles. The average Bonchev–Trinajstić information content (AvgIpc) is 3.17. The van der Waals surface area contributed by atoms with Gasteiger partial charge in [0.1, 0.15) is 0 Å². The minimum Gasteiger partial charge on any atom is -0.459 e. The van der Waals surface area contributed by atoms with Crippen molar-refractivity contribution >= 4 is 15.9 Å². The van der Waals surface area contributed by atoms with Crippen LogP contribution in [0.1, 0.15) is 22.5 Å². The molecular weight excluding hydrogens is 330 g/mol. The van der Waals surface area contributed by atoms with Crippen LogP contribution in [0.3, 0.4) is 0 Å². The molecule has 3 heterocycles. The molecule has 0 aliphatic carbocycles. The van der Waals surface area contributed by atoms with Gasteiger partial charge in [-0.1, -0.05) is 0 Å². The molecule has 7 nitrogen and oxygen atoms in total. The van der Waals surface area contributed by atoms with Crippen LogP contribution in [0.25, 0.3) is 0 Å². The second kappa shape index (κ2) is 6.74. The van der Waals surface area contributed by atoms with Crippen LogP contribution in [0.2, 0.25) is 0 Å². The quantitative estimate of drug-likeness (QED) is 0.871. The Balaban J connectivity index is 1.85. The Kier molecular flexibility index (Phi) is 4.68. The number of aromatic nitrogens is 1. The van der Waals surface area contributed by atoms with Gasteiger partial charge in [0.25, 0.3) is 5.91 Å². The van der Waals surface area contributed by atoms with Crippen molar-refractivity contribution < 1.29 is 17.6 Å². The molecule has 1 amide bonds. The number of nitrogens with one attached hydrogen (secondary N) is 1. The molecule has 0 saturated carbocycles. The third-order valence-corrected chi connectivity index (χ3v) is 4.83. The zero-order valence-corrected chi connectivity index (χ0v) is 14.1. The van der Waals surface area contributed by atoms with E-state index in [1.54, 1.807) is 29.4 Å². The van der Waals surface area contributed by atoms with Gasteiger partial charge in [-0.3, -0.25) is 9.78 Å². The molecule has 0 spiro atoms. The Morgan fingerprint density at radius 2 is 2.12 bits per heavy atom. The Labute approximate surface area is 140 Å². The number of amides is 1. The molecule has 1 aliphatic heterocycles.